The fourth-order valence-corrected chi connectivity index (χ4v) is 7.74. The number of azide groups is 2. The Labute approximate surface area is 298 Å². The Kier molecular flexibility index (Phi) is 14.4. The highest BCUT2D eigenvalue weighted by Crippen LogP contribution is 2.33. The SMILES string of the molecule is C[C@@H]1C[C@H](N(Cc2ccccc2)Cc2ccccc2)CC[C@H]1N=[N+]=[N-].C[C@H]1C[C@@H](N(Cc2ccccc2)Cc2ccccc2)CC[C@@H]1N=[N+]=[N-]. The fraction of sp³-hybridized carbons (Fsp3) is 0.429. The summed E-state index contributed by atoms with van der Waals surface area (Å²) in [5.74, 6) is 0.868. The molecule has 0 N–H and O–H groups in total. The first-order chi connectivity index (χ1) is 24.5. The van der Waals surface area contributed by atoms with Gasteiger partial charge in [0.05, 0.1) is 0 Å². The van der Waals surface area contributed by atoms with Crippen molar-refractivity contribution in [3.8, 4) is 0 Å². The van der Waals surface area contributed by atoms with Gasteiger partial charge in [-0.15, -0.1) is 0 Å². The topological polar surface area (TPSA) is 104 Å². The van der Waals surface area contributed by atoms with Gasteiger partial charge in [0.1, 0.15) is 0 Å². The number of hydrogen-bond donors (Lipinski definition) is 0. The molecule has 0 spiro atoms. The van der Waals surface area contributed by atoms with E-state index in [1.165, 1.54) is 22.3 Å². The molecule has 0 aliphatic heterocycles. The number of nitrogens with zero attached hydrogens (tertiary/aromatic N) is 8. The highest BCUT2D eigenvalue weighted by molar-refractivity contribution is 5.19. The number of rotatable bonds is 12. The molecule has 0 heterocycles. The minimum absolute atomic E-state index is 0.150. The molecule has 0 radical (unpaired) electrons. The van der Waals surface area contributed by atoms with Crippen molar-refractivity contribution in [1.29, 1.82) is 0 Å². The van der Waals surface area contributed by atoms with Crippen molar-refractivity contribution in [2.24, 2.45) is 22.1 Å². The first-order valence-corrected chi connectivity index (χ1v) is 18.2. The zero-order valence-electron chi connectivity index (χ0n) is 29.7. The standard InChI is InChI=1S/2C21H26N4/c2*1-17-14-20(12-13-21(17)23-24-22)25(15-18-8-4-2-5-9-18)16-19-10-6-3-7-11-19/h2*2-11,17,20-21H,12-16H2,1H3/t2*17-,20-,21-/m10/s1. The molecule has 4 aromatic rings. The molecule has 2 aliphatic carbocycles. The van der Waals surface area contributed by atoms with E-state index in [1.54, 1.807) is 0 Å². The van der Waals surface area contributed by atoms with Crippen molar-refractivity contribution in [2.75, 3.05) is 0 Å². The van der Waals surface area contributed by atoms with Crippen LogP contribution in [0, 0.1) is 11.8 Å². The molecule has 0 bridgehead atoms. The maximum Gasteiger partial charge on any atom is 0.0400 e. The van der Waals surface area contributed by atoms with Gasteiger partial charge in [-0.3, -0.25) is 9.80 Å². The smallest absolute Gasteiger partial charge is 0.0400 e. The van der Waals surface area contributed by atoms with E-state index in [9.17, 15) is 0 Å². The van der Waals surface area contributed by atoms with E-state index in [-0.39, 0.29) is 12.1 Å². The Balaban J connectivity index is 0.000000194. The van der Waals surface area contributed by atoms with E-state index in [2.05, 4.69) is 165 Å². The van der Waals surface area contributed by atoms with Gasteiger partial charge in [0.2, 0.25) is 0 Å². The monoisotopic (exact) mass is 668 g/mol. The van der Waals surface area contributed by atoms with Crippen LogP contribution in [-0.2, 0) is 26.2 Å². The molecule has 2 saturated carbocycles. The molecule has 2 fully saturated rings. The molecule has 8 heteroatoms. The Bertz CT molecular complexity index is 1430. The van der Waals surface area contributed by atoms with E-state index in [4.69, 9.17) is 11.1 Å². The molecule has 260 valence electrons. The van der Waals surface area contributed by atoms with Gasteiger partial charge in [-0.25, -0.2) is 0 Å². The molecule has 50 heavy (non-hydrogen) atoms. The average molecular weight is 669 g/mol. The van der Waals surface area contributed by atoms with Crippen molar-refractivity contribution in [3.63, 3.8) is 0 Å². The Morgan fingerprint density at radius 3 is 1.00 bits per heavy atom. The van der Waals surface area contributed by atoms with Crippen molar-refractivity contribution in [3.05, 3.63) is 164 Å². The van der Waals surface area contributed by atoms with Crippen molar-refractivity contribution in [2.45, 2.75) is 103 Å². The van der Waals surface area contributed by atoms with Crippen LogP contribution in [0.2, 0.25) is 0 Å². The fourth-order valence-electron chi connectivity index (χ4n) is 7.74. The third-order valence-electron chi connectivity index (χ3n) is 10.5. The lowest BCUT2D eigenvalue weighted by atomic mass is 9.82. The van der Waals surface area contributed by atoms with E-state index in [1.807, 2.05) is 0 Å². The van der Waals surface area contributed by atoms with Gasteiger partial charge in [0, 0.05) is 60.2 Å². The molecule has 0 aromatic heterocycles. The second-order valence-corrected chi connectivity index (χ2v) is 14.2. The summed E-state index contributed by atoms with van der Waals surface area (Å²) in [7, 11) is 0. The molecule has 2 aliphatic rings. The minimum Gasteiger partial charge on any atom is -0.292 e. The van der Waals surface area contributed by atoms with Crippen LogP contribution in [-0.4, -0.2) is 34.0 Å². The summed E-state index contributed by atoms with van der Waals surface area (Å²) in [6, 6.07) is 44.1. The van der Waals surface area contributed by atoms with Crippen LogP contribution in [0.5, 0.6) is 0 Å². The Morgan fingerprint density at radius 2 is 0.760 bits per heavy atom. The van der Waals surface area contributed by atoms with Crippen LogP contribution in [0.3, 0.4) is 0 Å². The largest absolute Gasteiger partial charge is 0.292 e. The lowest BCUT2D eigenvalue weighted by molar-refractivity contribution is 0.110. The van der Waals surface area contributed by atoms with E-state index < -0.39 is 0 Å². The molecule has 6 rings (SSSR count). The van der Waals surface area contributed by atoms with Gasteiger partial charge in [-0.2, -0.15) is 0 Å². The molecular formula is C42H52N8. The molecular weight excluding hydrogens is 617 g/mol. The molecule has 4 aromatic carbocycles. The lowest BCUT2D eigenvalue weighted by Crippen LogP contribution is -2.41. The van der Waals surface area contributed by atoms with Gasteiger partial charge in [0.25, 0.3) is 0 Å². The average Bonchev–Trinajstić information content (AvgIpc) is 3.15. The summed E-state index contributed by atoms with van der Waals surface area (Å²) in [6.45, 7) is 8.26. The summed E-state index contributed by atoms with van der Waals surface area (Å²) >= 11 is 0. The van der Waals surface area contributed by atoms with Crippen LogP contribution in [0.15, 0.2) is 132 Å². The quantitative estimate of drug-likeness (QED) is 0.0851. The lowest BCUT2D eigenvalue weighted by Gasteiger charge is -2.39. The van der Waals surface area contributed by atoms with Gasteiger partial charge in [0.15, 0.2) is 0 Å². The number of hydrogen-bond acceptors (Lipinski definition) is 4. The zero-order valence-corrected chi connectivity index (χ0v) is 29.7. The molecule has 0 unspecified atom stereocenters. The van der Waals surface area contributed by atoms with Crippen molar-refractivity contribution >= 4 is 0 Å². The minimum atomic E-state index is 0.150. The van der Waals surface area contributed by atoms with Crippen LogP contribution in [0.1, 0.15) is 74.6 Å². The molecule has 6 atom stereocenters. The molecule has 0 saturated heterocycles. The summed E-state index contributed by atoms with van der Waals surface area (Å²) in [5.41, 5.74) is 22.9. The maximum atomic E-state index is 8.75. The normalized spacial score (nSPS) is 23.2. The predicted octanol–water partition coefficient (Wildman–Crippen LogP) is 11.1. The first-order valence-electron chi connectivity index (χ1n) is 18.2. The van der Waals surface area contributed by atoms with Crippen molar-refractivity contribution in [1.82, 2.24) is 9.80 Å². The molecule has 8 nitrogen and oxygen atoms in total. The van der Waals surface area contributed by atoms with Crippen LogP contribution < -0.4 is 0 Å². The van der Waals surface area contributed by atoms with E-state index in [0.717, 1.165) is 64.7 Å². The van der Waals surface area contributed by atoms with Crippen molar-refractivity contribution < 1.29 is 0 Å². The highest BCUT2D eigenvalue weighted by Gasteiger charge is 2.31. The zero-order chi connectivity index (χ0) is 35.0. The molecule has 0 amide bonds. The second kappa shape index (κ2) is 19.6. The predicted molar refractivity (Wildman–Crippen MR) is 204 cm³/mol. The summed E-state index contributed by atoms with van der Waals surface area (Å²) in [6.07, 6.45) is 6.32. The summed E-state index contributed by atoms with van der Waals surface area (Å²) < 4.78 is 0. The third-order valence-corrected chi connectivity index (χ3v) is 10.5. The Morgan fingerprint density at radius 1 is 0.480 bits per heavy atom. The van der Waals surface area contributed by atoms with Gasteiger partial charge >= 0.3 is 0 Å². The highest BCUT2D eigenvalue weighted by atomic mass is 15.2. The van der Waals surface area contributed by atoms with E-state index in [0.29, 0.717) is 23.9 Å². The van der Waals surface area contributed by atoms with Crippen LogP contribution in [0.25, 0.3) is 20.9 Å². The third kappa shape index (κ3) is 11.2. The second-order valence-electron chi connectivity index (χ2n) is 14.2. The number of benzene rings is 4. The maximum absolute atomic E-state index is 8.75. The van der Waals surface area contributed by atoms with Gasteiger partial charge in [-0.1, -0.05) is 145 Å². The van der Waals surface area contributed by atoms with E-state index >= 15 is 0 Å². The van der Waals surface area contributed by atoms with Crippen LogP contribution >= 0.6 is 0 Å². The van der Waals surface area contributed by atoms with Crippen LogP contribution in [0.4, 0.5) is 0 Å². The Hall–Kier alpha value is -4.58. The summed E-state index contributed by atoms with van der Waals surface area (Å²) in [4.78, 5) is 11.2. The first kappa shape index (κ1) is 36.7. The van der Waals surface area contributed by atoms with Gasteiger partial charge in [-0.05, 0) is 83.7 Å². The van der Waals surface area contributed by atoms with Gasteiger partial charge < -0.3 is 0 Å². The summed E-state index contributed by atoms with van der Waals surface area (Å²) in [5, 5.41) is 7.98.